The molecule has 0 aliphatic heterocycles. The number of benzene rings is 2. The number of rotatable bonds is 6. The minimum absolute atomic E-state index is 0.115. The Bertz CT molecular complexity index is 749. The van der Waals surface area contributed by atoms with Gasteiger partial charge in [0, 0.05) is 20.0 Å². The van der Waals surface area contributed by atoms with E-state index in [0.717, 1.165) is 5.56 Å². The van der Waals surface area contributed by atoms with Crippen molar-refractivity contribution in [2.45, 2.75) is 19.4 Å². The van der Waals surface area contributed by atoms with E-state index in [4.69, 9.17) is 11.6 Å². The quantitative estimate of drug-likeness (QED) is 0.849. The largest absolute Gasteiger partial charge is 0.351 e. The molecule has 0 saturated heterocycles. The number of carbonyl (C=O) groups is 2. The van der Waals surface area contributed by atoms with Gasteiger partial charge in [0.15, 0.2) is 0 Å². The maximum absolute atomic E-state index is 13.0. The fourth-order valence-electron chi connectivity index (χ4n) is 2.38. The molecule has 2 aromatic rings. The molecule has 0 aliphatic carbocycles. The Balaban J connectivity index is 1.86. The average molecular weight is 363 g/mol. The molecular formula is C19H20ClFN2O2. The molecule has 4 nitrogen and oxygen atoms in total. The Kier molecular flexibility index (Phi) is 6.53. The number of nitrogens with zero attached hydrogens (tertiary/aromatic N) is 1. The van der Waals surface area contributed by atoms with Gasteiger partial charge in [0.05, 0.1) is 16.6 Å². The Morgan fingerprint density at radius 1 is 1.16 bits per heavy atom. The van der Waals surface area contributed by atoms with Crippen LogP contribution in [-0.4, -0.2) is 30.3 Å². The van der Waals surface area contributed by atoms with Crippen LogP contribution >= 0.6 is 11.6 Å². The Morgan fingerprint density at radius 3 is 2.44 bits per heavy atom. The summed E-state index contributed by atoms with van der Waals surface area (Å²) in [5, 5.41) is 3.06. The number of amides is 2. The summed E-state index contributed by atoms with van der Waals surface area (Å²) in [6.45, 7) is 2.08. The van der Waals surface area contributed by atoms with Crippen LogP contribution < -0.4 is 5.32 Å². The van der Waals surface area contributed by atoms with Gasteiger partial charge in [-0.3, -0.25) is 9.59 Å². The van der Waals surface area contributed by atoms with Gasteiger partial charge in [0.1, 0.15) is 5.82 Å². The molecule has 2 amide bonds. The van der Waals surface area contributed by atoms with Crippen molar-refractivity contribution in [3.8, 4) is 0 Å². The van der Waals surface area contributed by atoms with Crippen molar-refractivity contribution in [2.24, 2.45) is 0 Å². The molecule has 6 heteroatoms. The number of halogens is 2. The van der Waals surface area contributed by atoms with Crippen molar-refractivity contribution in [1.82, 2.24) is 10.2 Å². The molecule has 1 N–H and O–H groups in total. The number of carbonyl (C=O) groups excluding carboxylic acids is 2. The van der Waals surface area contributed by atoms with E-state index in [-0.39, 0.29) is 36.6 Å². The van der Waals surface area contributed by atoms with E-state index in [1.165, 1.54) is 12.1 Å². The zero-order valence-electron chi connectivity index (χ0n) is 14.1. The third-order valence-electron chi connectivity index (χ3n) is 4.07. The molecule has 0 heterocycles. The first-order chi connectivity index (χ1) is 11.9. The minimum atomic E-state index is -0.313. The second-order valence-corrected chi connectivity index (χ2v) is 6.13. The summed E-state index contributed by atoms with van der Waals surface area (Å²) in [6.07, 6.45) is 0.165. The Morgan fingerprint density at radius 2 is 1.80 bits per heavy atom. The van der Waals surface area contributed by atoms with Crippen LogP contribution in [0.4, 0.5) is 4.39 Å². The standard InChI is InChI=1S/C19H20ClFN2O2/c1-13(14-7-9-15(21)10-8-14)23(2)18(24)11-12-22-19(25)16-5-3-4-6-17(16)20/h3-10,13H,11-12H2,1-2H3,(H,22,25). The maximum Gasteiger partial charge on any atom is 0.252 e. The number of hydrogen-bond acceptors (Lipinski definition) is 2. The van der Waals surface area contributed by atoms with Gasteiger partial charge >= 0.3 is 0 Å². The molecule has 2 rings (SSSR count). The summed E-state index contributed by atoms with van der Waals surface area (Å²) in [5.74, 6) is -0.740. The summed E-state index contributed by atoms with van der Waals surface area (Å²) in [4.78, 5) is 25.9. The molecule has 1 unspecified atom stereocenters. The van der Waals surface area contributed by atoms with Crippen molar-refractivity contribution in [3.05, 3.63) is 70.5 Å². The smallest absolute Gasteiger partial charge is 0.252 e. The van der Waals surface area contributed by atoms with Crippen LogP contribution in [0.3, 0.4) is 0 Å². The summed E-state index contributed by atoms with van der Waals surface area (Å²) >= 11 is 5.97. The SMILES string of the molecule is CC(c1ccc(F)cc1)N(C)C(=O)CCNC(=O)c1ccccc1Cl. The third-order valence-corrected chi connectivity index (χ3v) is 4.40. The fraction of sp³-hybridized carbons (Fsp3) is 0.263. The van der Waals surface area contributed by atoms with Gasteiger partial charge in [-0.05, 0) is 36.8 Å². The molecule has 25 heavy (non-hydrogen) atoms. The summed E-state index contributed by atoms with van der Waals surface area (Å²) < 4.78 is 13.0. The Hall–Kier alpha value is -2.40. The van der Waals surface area contributed by atoms with Gasteiger partial charge < -0.3 is 10.2 Å². The van der Waals surface area contributed by atoms with Gasteiger partial charge in [0.25, 0.3) is 5.91 Å². The van der Waals surface area contributed by atoms with Gasteiger partial charge in [-0.2, -0.15) is 0 Å². The molecule has 0 radical (unpaired) electrons. The van der Waals surface area contributed by atoms with Crippen LogP contribution in [0, 0.1) is 5.82 Å². The van der Waals surface area contributed by atoms with Crippen molar-refractivity contribution in [1.29, 1.82) is 0 Å². The predicted molar refractivity (Wildman–Crippen MR) is 96.0 cm³/mol. The van der Waals surface area contributed by atoms with Gasteiger partial charge in [0.2, 0.25) is 5.91 Å². The van der Waals surface area contributed by atoms with E-state index >= 15 is 0 Å². The molecule has 0 saturated carbocycles. The maximum atomic E-state index is 13.0. The summed E-state index contributed by atoms with van der Waals surface area (Å²) in [6, 6.07) is 12.6. The van der Waals surface area contributed by atoms with E-state index in [2.05, 4.69) is 5.32 Å². The number of hydrogen-bond donors (Lipinski definition) is 1. The van der Waals surface area contributed by atoms with Crippen molar-refractivity contribution in [2.75, 3.05) is 13.6 Å². The van der Waals surface area contributed by atoms with E-state index in [1.54, 1.807) is 48.3 Å². The van der Waals surface area contributed by atoms with Crippen LogP contribution in [0.2, 0.25) is 5.02 Å². The second kappa shape index (κ2) is 8.62. The van der Waals surface area contributed by atoms with Crippen LogP contribution in [0.15, 0.2) is 48.5 Å². The van der Waals surface area contributed by atoms with E-state index in [1.807, 2.05) is 6.92 Å². The normalized spacial score (nSPS) is 11.7. The second-order valence-electron chi connectivity index (χ2n) is 5.72. The van der Waals surface area contributed by atoms with E-state index in [0.29, 0.717) is 10.6 Å². The predicted octanol–water partition coefficient (Wildman–Crippen LogP) is 3.82. The lowest BCUT2D eigenvalue weighted by molar-refractivity contribution is -0.131. The van der Waals surface area contributed by atoms with Crippen LogP contribution in [0.1, 0.15) is 35.3 Å². The first-order valence-electron chi connectivity index (χ1n) is 7.94. The first-order valence-corrected chi connectivity index (χ1v) is 8.32. The molecule has 0 fully saturated rings. The van der Waals surface area contributed by atoms with E-state index in [9.17, 15) is 14.0 Å². The summed E-state index contributed by atoms with van der Waals surface area (Å²) in [5.41, 5.74) is 1.22. The van der Waals surface area contributed by atoms with Crippen LogP contribution in [0.5, 0.6) is 0 Å². The minimum Gasteiger partial charge on any atom is -0.351 e. The van der Waals surface area contributed by atoms with Gasteiger partial charge in [-0.15, -0.1) is 0 Å². The molecule has 0 aliphatic rings. The zero-order chi connectivity index (χ0) is 18.4. The number of nitrogens with one attached hydrogen (secondary N) is 1. The molecular weight excluding hydrogens is 343 g/mol. The van der Waals surface area contributed by atoms with Gasteiger partial charge in [-0.25, -0.2) is 4.39 Å². The van der Waals surface area contributed by atoms with Crippen molar-refractivity contribution >= 4 is 23.4 Å². The molecule has 132 valence electrons. The molecule has 0 aromatic heterocycles. The first kappa shape index (κ1) is 18.9. The highest BCUT2D eigenvalue weighted by Crippen LogP contribution is 2.19. The van der Waals surface area contributed by atoms with Crippen molar-refractivity contribution < 1.29 is 14.0 Å². The molecule has 0 spiro atoms. The molecule has 0 bridgehead atoms. The topological polar surface area (TPSA) is 49.4 Å². The third kappa shape index (κ3) is 5.03. The monoisotopic (exact) mass is 362 g/mol. The van der Waals surface area contributed by atoms with Crippen molar-refractivity contribution in [3.63, 3.8) is 0 Å². The highest BCUT2D eigenvalue weighted by Gasteiger charge is 2.17. The van der Waals surface area contributed by atoms with Gasteiger partial charge in [-0.1, -0.05) is 35.9 Å². The Labute approximate surface area is 151 Å². The fourth-order valence-corrected chi connectivity index (χ4v) is 2.60. The molecule has 2 aromatic carbocycles. The summed E-state index contributed by atoms with van der Waals surface area (Å²) in [7, 11) is 1.69. The molecule has 1 atom stereocenters. The van der Waals surface area contributed by atoms with E-state index < -0.39 is 0 Å². The van der Waals surface area contributed by atoms with Crippen LogP contribution in [0.25, 0.3) is 0 Å². The lowest BCUT2D eigenvalue weighted by atomic mass is 10.1. The lowest BCUT2D eigenvalue weighted by Gasteiger charge is -2.25. The van der Waals surface area contributed by atoms with Crippen LogP contribution in [-0.2, 0) is 4.79 Å². The lowest BCUT2D eigenvalue weighted by Crippen LogP contribution is -2.33. The highest BCUT2D eigenvalue weighted by atomic mass is 35.5. The average Bonchev–Trinajstić information content (AvgIpc) is 2.61. The zero-order valence-corrected chi connectivity index (χ0v) is 14.9. The highest BCUT2D eigenvalue weighted by molar-refractivity contribution is 6.33.